The first-order valence-corrected chi connectivity index (χ1v) is 9.93. The number of fused-ring (bicyclic) bond motifs is 3. The van der Waals surface area contributed by atoms with Gasteiger partial charge in [0.05, 0.1) is 5.41 Å². The maximum Gasteiger partial charge on any atom is 0.351 e. The van der Waals surface area contributed by atoms with Gasteiger partial charge in [-0.3, -0.25) is 9.59 Å². The van der Waals surface area contributed by atoms with Crippen molar-refractivity contribution in [2.75, 3.05) is 0 Å². The van der Waals surface area contributed by atoms with Crippen molar-refractivity contribution in [3.8, 4) is 0 Å². The van der Waals surface area contributed by atoms with E-state index in [9.17, 15) is 14.4 Å². The van der Waals surface area contributed by atoms with Crippen LogP contribution in [0.25, 0.3) is 0 Å². The summed E-state index contributed by atoms with van der Waals surface area (Å²) in [5, 5.41) is 0. The summed E-state index contributed by atoms with van der Waals surface area (Å²) in [7, 11) is 0. The zero-order valence-electron chi connectivity index (χ0n) is 17.3. The molecular weight excluding hydrogens is 348 g/mol. The summed E-state index contributed by atoms with van der Waals surface area (Å²) in [5.74, 6) is -0.331. The largest absolute Gasteiger partial charge is 0.462 e. The van der Waals surface area contributed by atoms with Gasteiger partial charge in [0, 0.05) is 29.6 Å². The third-order valence-corrected chi connectivity index (χ3v) is 8.62. The van der Waals surface area contributed by atoms with Gasteiger partial charge in [-0.05, 0) is 25.7 Å². The Kier molecular flexibility index (Phi) is 3.52. The quantitative estimate of drug-likeness (QED) is 0.555. The zero-order valence-corrected chi connectivity index (χ0v) is 17.3. The van der Waals surface area contributed by atoms with Gasteiger partial charge in [0.1, 0.15) is 12.2 Å². The Morgan fingerprint density at radius 3 is 2.00 bits per heavy atom. The molecule has 0 radical (unpaired) electrons. The molecule has 150 valence electrons. The topological polar surface area (TPSA) is 78.9 Å². The van der Waals surface area contributed by atoms with Gasteiger partial charge in [-0.1, -0.05) is 34.6 Å². The SMILES string of the molecule is CC(=O)O[C@H]1[C@@H]2[C@@H](C)[C@@H]2[C@@H](OC(=O)[C@@]23CC[C@@](C)(C(=O)O2)C3(C)C)C1(C)C. The smallest absolute Gasteiger partial charge is 0.351 e. The van der Waals surface area contributed by atoms with Gasteiger partial charge in [-0.25, -0.2) is 4.79 Å². The molecule has 7 atom stereocenters. The van der Waals surface area contributed by atoms with Crippen LogP contribution >= 0.6 is 0 Å². The van der Waals surface area contributed by atoms with Crippen molar-refractivity contribution >= 4 is 17.9 Å². The predicted molar refractivity (Wildman–Crippen MR) is 95.3 cm³/mol. The van der Waals surface area contributed by atoms with Crippen molar-refractivity contribution in [2.24, 2.45) is 34.0 Å². The van der Waals surface area contributed by atoms with Crippen molar-refractivity contribution in [2.45, 2.75) is 79.1 Å². The fourth-order valence-corrected chi connectivity index (χ4v) is 6.19. The Morgan fingerprint density at radius 2 is 1.56 bits per heavy atom. The molecule has 1 aliphatic heterocycles. The van der Waals surface area contributed by atoms with Crippen molar-refractivity contribution in [3.63, 3.8) is 0 Å². The third-order valence-electron chi connectivity index (χ3n) is 8.62. The van der Waals surface area contributed by atoms with Crippen LogP contribution in [0.2, 0.25) is 0 Å². The number of ether oxygens (including phenoxy) is 3. The minimum absolute atomic E-state index is 0.178. The van der Waals surface area contributed by atoms with E-state index < -0.39 is 27.8 Å². The number of carbonyl (C=O) groups is 3. The van der Waals surface area contributed by atoms with Crippen molar-refractivity contribution in [1.29, 1.82) is 0 Å². The minimum Gasteiger partial charge on any atom is -0.462 e. The summed E-state index contributed by atoms with van der Waals surface area (Å²) in [6.45, 7) is 13.2. The van der Waals surface area contributed by atoms with Gasteiger partial charge < -0.3 is 14.2 Å². The van der Waals surface area contributed by atoms with Crippen LogP contribution in [0.4, 0.5) is 0 Å². The molecule has 6 heteroatoms. The number of rotatable bonds is 3. The highest BCUT2D eigenvalue weighted by atomic mass is 16.6. The first-order chi connectivity index (χ1) is 12.3. The molecule has 3 aliphatic carbocycles. The highest BCUT2D eigenvalue weighted by Crippen LogP contribution is 2.68. The van der Waals surface area contributed by atoms with Crippen LogP contribution < -0.4 is 0 Å². The van der Waals surface area contributed by atoms with Crippen molar-refractivity contribution in [1.82, 2.24) is 0 Å². The Labute approximate surface area is 160 Å². The molecule has 4 rings (SSSR count). The second-order valence-corrected chi connectivity index (χ2v) is 10.4. The normalized spacial score (nSPS) is 48.0. The van der Waals surface area contributed by atoms with Gasteiger partial charge in [0.2, 0.25) is 5.60 Å². The fraction of sp³-hybridized carbons (Fsp3) is 0.857. The summed E-state index contributed by atoms with van der Waals surface area (Å²) in [6.07, 6.45) is 0.496. The van der Waals surface area contributed by atoms with Crippen molar-refractivity contribution in [3.05, 3.63) is 0 Å². The third kappa shape index (κ3) is 1.99. The molecule has 1 saturated heterocycles. The van der Waals surface area contributed by atoms with Crippen LogP contribution in [0.5, 0.6) is 0 Å². The lowest BCUT2D eigenvalue weighted by molar-refractivity contribution is -0.195. The molecule has 3 saturated carbocycles. The minimum atomic E-state index is -1.22. The van der Waals surface area contributed by atoms with E-state index in [2.05, 4.69) is 6.92 Å². The molecule has 1 heterocycles. The maximum atomic E-state index is 13.4. The van der Waals surface area contributed by atoms with Crippen LogP contribution in [0.15, 0.2) is 0 Å². The molecule has 27 heavy (non-hydrogen) atoms. The van der Waals surface area contributed by atoms with E-state index >= 15 is 0 Å². The molecule has 6 nitrogen and oxygen atoms in total. The molecule has 0 aromatic rings. The van der Waals surface area contributed by atoms with Gasteiger partial charge in [-0.2, -0.15) is 0 Å². The van der Waals surface area contributed by atoms with E-state index in [1.165, 1.54) is 6.92 Å². The van der Waals surface area contributed by atoms with Gasteiger partial charge >= 0.3 is 17.9 Å². The van der Waals surface area contributed by atoms with E-state index in [0.29, 0.717) is 18.8 Å². The number of hydrogen-bond donors (Lipinski definition) is 0. The second kappa shape index (κ2) is 5.06. The molecule has 0 aromatic heterocycles. The summed E-state index contributed by atoms with van der Waals surface area (Å²) in [5.41, 5.74) is -2.98. The lowest BCUT2D eigenvalue weighted by atomic mass is 9.66. The van der Waals surface area contributed by atoms with E-state index in [-0.39, 0.29) is 36.0 Å². The fourth-order valence-electron chi connectivity index (χ4n) is 6.19. The lowest BCUT2D eigenvalue weighted by Gasteiger charge is -2.39. The standard InChI is InChI=1S/C21H30O6/c1-10-12-13(10)15(18(3,4)14(12)25-11(2)22)26-17(24)21-9-8-20(7,16(23)27-21)19(21,5)6/h10,12-15H,8-9H2,1-7H3/t10-,12-,13+,14+,15-,20+,21-/m1/s1. The molecule has 0 aromatic carbocycles. The Bertz CT molecular complexity index is 739. The number of carbonyl (C=O) groups excluding carboxylic acids is 3. The monoisotopic (exact) mass is 378 g/mol. The molecule has 0 N–H and O–H groups in total. The summed E-state index contributed by atoms with van der Waals surface area (Å²) >= 11 is 0. The molecule has 2 bridgehead atoms. The van der Waals surface area contributed by atoms with Crippen molar-refractivity contribution < 1.29 is 28.6 Å². The van der Waals surface area contributed by atoms with Crippen LogP contribution in [0.3, 0.4) is 0 Å². The molecule has 4 aliphatic rings. The summed E-state index contributed by atoms with van der Waals surface area (Å²) in [4.78, 5) is 37.4. The average Bonchev–Trinajstić information content (AvgIpc) is 3.02. The van der Waals surface area contributed by atoms with E-state index in [1.54, 1.807) is 0 Å². The van der Waals surface area contributed by atoms with Crippen LogP contribution in [0, 0.1) is 34.0 Å². The molecular formula is C21H30O6. The molecule has 0 unspecified atom stereocenters. The highest BCUT2D eigenvalue weighted by molar-refractivity contribution is 5.93. The highest BCUT2D eigenvalue weighted by Gasteiger charge is 2.78. The Hall–Kier alpha value is -1.59. The maximum absolute atomic E-state index is 13.4. The summed E-state index contributed by atoms with van der Waals surface area (Å²) in [6, 6.07) is 0. The Balaban J connectivity index is 1.61. The van der Waals surface area contributed by atoms with Crippen LogP contribution in [-0.4, -0.2) is 35.7 Å². The van der Waals surface area contributed by atoms with Gasteiger partial charge in [0.25, 0.3) is 0 Å². The summed E-state index contributed by atoms with van der Waals surface area (Å²) < 4.78 is 17.4. The van der Waals surface area contributed by atoms with Gasteiger partial charge in [-0.15, -0.1) is 0 Å². The number of hydrogen-bond acceptors (Lipinski definition) is 6. The first-order valence-electron chi connectivity index (χ1n) is 9.93. The second-order valence-electron chi connectivity index (χ2n) is 10.4. The zero-order chi connectivity index (χ0) is 20.2. The first kappa shape index (κ1) is 18.8. The van der Waals surface area contributed by atoms with Crippen LogP contribution in [0.1, 0.15) is 61.3 Å². The lowest BCUT2D eigenvalue weighted by Crippen LogP contribution is -2.52. The predicted octanol–water partition coefficient (Wildman–Crippen LogP) is 2.87. The number of esters is 3. The van der Waals surface area contributed by atoms with E-state index in [0.717, 1.165) is 0 Å². The van der Waals surface area contributed by atoms with Crippen LogP contribution in [-0.2, 0) is 28.6 Å². The molecule has 4 fully saturated rings. The molecule has 0 amide bonds. The Morgan fingerprint density at radius 1 is 1.00 bits per heavy atom. The van der Waals surface area contributed by atoms with E-state index in [4.69, 9.17) is 14.2 Å². The average molecular weight is 378 g/mol. The van der Waals surface area contributed by atoms with Gasteiger partial charge in [0.15, 0.2) is 0 Å². The van der Waals surface area contributed by atoms with E-state index in [1.807, 2.05) is 34.6 Å². The molecule has 0 spiro atoms.